The van der Waals surface area contributed by atoms with Crippen LogP contribution in [0.4, 0.5) is 28.4 Å². The molecule has 0 aromatic heterocycles. The lowest BCUT2D eigenvalue weighted by Gasteiger charge is -2.30. The summed E-state index contributed by atoms with van der Waals surface area (Å²) >= 11 is 0. The molecule has 0 fully saturated rings. The van der Waals surface area contributed by atoms with Crippen molar-refractivity contribution in [3.63, 3.8) is 0 Å². The number of rotatable bonds is 12. The molecule has 0 aliphatic carbocycles. The molecule has 0 aliphatic heterocycles. The molecular formula is C36H41N3. The van der Waals surface area contributed by atoms with Gasteiger partial charge in [-0.05, 0) is 87.4 Å². The van der Waals surface area contributed by atoms with Crippen molar-refractivity contribution in [1.82, 2.24) is 0 Å². The lowest BCUT2D eigenvalue weighted by molar-refractivity contribution is 0.833. The van der Waals surface area contributed by atoms with Gasteiger partial charge in [-0.2, -0.15) is 0 Å². The third-order valence-corrected chi connectivity index (χ3v) is 7.08. The monoisotopic (exact) mass is 515 g/mol. The van der Waals surface area contributed by atoms with Gasteiger partial charge in [0.25, 0.3) is 0 Å². The van der Waals surface area contributed by atoms with E-state index in [2.05, 4.69) is 170 Å². The van der Waals surface area contributed by atoms with E-state index in [1.54, 1.807) is 0 Å². The maximum Gasteiger partial charge on any atom is 0.0609 e. The Labute approximate surface area is 235 Å². The molecule has 3 heteroatoms. The van der Waals surface area contributed by atoms with Crippen molar-refractivity contribution in [2.45, 2.75) is 27.7 Å². The van der Waals surface area contributed by atoms with Crippen molar-refractivity contribution in [1.29, 1.82) is 0 Å². The quantitative estimate of drug-likeness (QED) is 0.174. The van der Waals surface area contributed by atoms with E-state index in [-0.39, 0.29) is 0 Å². The van der Waals surface area contributed by atoms with E-state index in [1.807, 2.05) is 0 Å². The van der Waals surface area contributed by atoms with Crippen molar-refractivity contribution in [2.24, 2.45) is 0 Å². The van der Waals surface area contributed by atoms with Gasteiger partial charge in [-0.15, -0.1) is 0 Å². The summed E-state index contributed by atoms with van der Waals surface area (Å²) in [6, 6.07) is 36.5. The Morgan fingerprint density at radius 1 is 0.462 bits per heavy atom. The summed E-state index contributed by atoms with van der Waals surface area (Å²) in [5, 5.41) is 0. The average molecular weight is 516 g/mol. The Kier molecular flexibility index (Phi) is 10.0. The highest BCUT2D eigenvalue weighted by Crippen LogP contribution is 2.34. The highest BCUT2D eigenvalue weighted by molar-refractivity contribution is 5.77. The molecule has 0 saturated carbocycles. The first-order valence-electron chi connectivity index (χ1n) is 14.2. The third kappa shape index (κ3) is 7.00. The summed E-state index contributed by atoms with van der Waals surface area (Å²) in [6.45, 7) is 12.9. The van der Waals surface area contributed by atoms with Crippen molar-refractivity contribution in [2.75, 3.05) is 40.9 Å². The van der Waals surface area contributed by atoms with Gasteiger partial charge in [-0.1, -0.05) is 78.9 Å². The van der Waals surface area contributed by atoms with Gasteiger partial charge >= 0.3 is 0 Å². The summed E-state index contributed by atoms with van der Waals surface area (Å²) in [6.07, 6.45) is 8.60. The Morgan fingerprint density at radius 3 is 1.41 bits per heavy atom. The molecule has 0 unspecified atom stereocenters. The van der Waals surface area contributed by atoms with Gasteiger partial charge in [0.05, 0.1) is 11.4 Å². The van der Waals surface area contributed by atoms with Crippen LogP contribution in [0.15, 0.2) is 115 Å². The van der Waals surface area contributed by atoms with Gasteiger partial charge in [0.15, 0.2) is 0 Å². The third-order valence-electron chi connectivity index (χ3n) is 7.08. The van der Waals surface area contributed by atoms with Gasteiger partial charge in [-0.25, -0.2) is 0 Å². The number of hydrogen-bond acceptors (Lipinski definition) is 3. The van der Waals surface area contributed by atoms with Crippen molar-refractivity contribution < 1.29 is 0 Å². The lowest BCUT2D eigenvalue weighted by Crippen LogP contribution is -2.28. The lowest BCUT2D eigenvalue weighted by atomic mass is 10.1. The molecule has 39 heavy (non-hydrogen) atoms. The van der Waals surface area contributed by atoms with Crippen LogP contribution in [0.25, 0.3) is 12.2 Å². The summed E-state index contributed by atoms with van der Waals surface area (Å²) in [5.41, 5.74) is 8.44. The zero-order valence-electron chi connectivity index (χ0n) is 23.8. The minimum Gasteiger partial charge on any atom is -0.370 e. The number of anilines is 5. The SMILES string of the molecule is CCN(CC)c1ccc(/C=C/C=C/c2ccc(N(c3ccccc3)c3ccccc3)cc2)cc1N(CC)CC. The summed E-state index contributed by atoms with van der Waals surface area (Å²) in [4.78, 5) is 7.15. The maximum atomic E-state index is 2.44. The summed E-state index contributed by atoms with van der Waals surface area (Å²) in [5.74, 6) is 0. The minimum absolute atomic E-state index is 1.000. The number of para-hydroxylation sites is 2. The van der Waals surface area contributed by atoms with Crippen LogP contribution in [0.2, 0.25) is 0 Å². The van der Waals surface area contributed by atoms with E-state index >= 15 is 0 Å². The van der Waals surface area contributed by atoms with E-state index in [9.17, 15) is 0 Å². The molecule has 0 saturated heterocycles. The Balaban J connectivity index is 1.51. The minimum atomic E-state index is 1.000. The first-order valence-corrected chi connectivity index (χ1v) is 14.2. The van der Waals surface area contributed by atoms with E-state index in [1.165, 1.54) is 22.5 Å². The molecule has 4 aromatic rings. The Hall–Kier alpha value is -4.24. The molecule has 4 aromatic carbocycles. The highest BCUT2D eigenvalue weighted by atomic mass is 15.2. The number of benzene rings is 4. The second-order valence-electron chi connectivity index (χ2n) is 9.41. The normalized spacial score (nSPS) is 11.3. The molecule has 0 atom stereocenters. The molecular weight excluding hydrogens is 474 g/mol. The number of hydrogen-bond donors (Lipinski definition) is 0. The molecule has 0 amide bonds. The number of allylic oxidation sites excluding steroid dienone is 2. The molecule has 4 rings (SSSR count). The summed E-state index contributed by atoms with van der Waals surface area (Å²) < 4.78 is 0. The predicted molar refractivity (Wildman–Crippen MR) is 173 cm³/mol. The predicted octanol–water partition coefficient (Wildman–Crippen LogP) is 9.58. The second kappa shape index (κ2) is 14.1. The molecule has 0 spiro atoms. The highest BCUT2D eigenvalue weighted by Gasteiger charge is 2.13. The largest absolute Gasteiger partial charge is 0.370 e. The average Bonchev–Trinajstić information content (AvgIpc) is 2.99. The van der Waals surface area contributed by atoms with Crippen molar-refractivity contribution in [3.05, 3.63) is 126 Å². The van der Waals surface area contributed by atoms with Gasteiger partial charge in [0, 0.05) is 43.2 Å². The molecule has 3 nitrogen and oxygen atoms in total. The van der Waals surface area contributed by atoms with Crippen LogP contribution >= 0.6 is 0 Å². The first-order chi connectivity index (χ1) is 19.2. The van der Waals surface area contributed by atoms with Crippen LogP contribution in [-0.4, -0.2) is 26.2 Å². The number of nitrogens with zero attached hydrogens (tertiary/aromatic N) is 3. The van der Waals surface area contributed by atoms with Crippen molar-refractivity contribution >= 4 is 40.6 Å². The van der Waals surface area contributed by atoms with Crippen LogP contribution in [0.1, 0.15) is 38.8 Å². The first kappa shape index (κ1) is 27.8. The topological polar surface area (TPSA) is 9.72 Å². The van der Waals surface area contributed by atoms with E-state index in [0.29, 0.717) is 0 Å². The van der Waals surface area contributed by atoms with Crippen LogP contribution in [0, 0.1) is 0 Å². The summed E-state index contributed by atoms with van der Waals surface area (Å²) in [7, 11) is 0. The van der Waals surface area contributed by atoms with Gasteiger partial charge in [0.2, 0.25) is 0 Å². The molecule has 0 N–H and O–H groups in total. The smallest absolute Gasteiger partial charge is 0.0609 e. The second-order valence-corrected chi connectivity index (χ2v) is 9.41. The molecule has 0 radical (unpaired) electrons. The van der Waals surface area contributed by atoms with Crippen molar-refractivity contribution in [3.8, 4) is 0 Å². The Bertz CT molecular complexity index is 1290. The van der Waals surface area contributed by atoms with Gasteiger partial charge in [-0.3, -0.25) is 0 Å². The zero-order valence-corrected chi connectivity index (χ0v) is 23.8. The van der Waals surface area contributed by atoms with E-state index in [0.717, 1.165) is 43.2 Å². The van der Waals surface area contributed by atoms with Crippen LogP contribution < -0.4 is 14.7 Å². The van der Waals surface area contributed by atoms with Gasteiger partial charge < -0.3 is 14.7 Å². The van der Waals surface area contributed by atoms with Crippen LogP contribution in [0.3, 0.4) is 0 Å². The molecule has 0 bridgehead atoms. The molecule has 200 valence electrons. The fourth-order valence-corrected chi connectivity index (χ4v) is 4.96. The van der Waals surface area contributed by atoms with Crippen LogP contribution in [0.5, 0.6) is 0 Å². The zero-order chi connectivity index (χ0) is 27.5. The fraction of sp³-hybridized carbons (Fsp3) is 0.222. The van der Waals surface area contributed by atoms with Gasteiger partial charge in [0.1, 0.15) is 0 Å². The maximum absolute atomic E-state index is 2.44. The van der Waals surface area contributed by atoms with E-state index < -0.39 is 0 Å². The molecule has 0 aliphatic rings. The van der Waals surface area contributed by atoms with E-state index in [4.69, 9.17) is 0 Å². The Morgan fingerprint density at radius 2 is 0.897 bits per heavy atom. The molecule has 0 heterocycles. The fourth-order valence-electron chi connectivity index (χ4n) is 4.96. The van der Waals surface area contributed by atoms with Crippen LogP contribution in [-0.2, 0) is 0 Å². The standard InChI is InChI=1S/C36H41N3/c1-5-37(6-2)35-28-25-31(29-36(35)38(7-3)8-4)18-16-15-17-30-23-26-34(27-24-30)39(32-19-11-9-12-20-32)33-21-13-10-14-22-33/h9-29H,5-8H2,1-4H3/b17-15+,18-16+.